The predicted octanol–water partition coefficient (Wildman–Crippen LogP) is 4.71. The summed E-state index contributed by atoms with van der Waals surface area (Å²) in [5, 5.41) is 0.647. The molecular weight excluding hydrogens is 363 g/mol. The molecule has 1 heterocycles. The number of benzene rings is 1. The Morgan fingerprint density at radius 2 is 1.76 bits per heavy atom. The summed E-state index contributed by atoms with van der Waals surface area (Å²) >= 11 is 12.4. The van der Waals surface area contributed by atoms with Crippen molar-refractivity contribution in [3.8, 4) is 0 Å². The third-order valence-electron chi connectivity index (χ3n) is 4.04. The molecule has 1 unspecified atom stereocenters. The molecule has 1 saturated carbocycles. The van der Waals surface area contributed by atoms with Gasteiger partial charge in [-0.1, -0.05) is 54.2 Å². The zero-order valence-electron chi connectivity index (χ0n) is 13.5. The van der Waals surface area contributed by atoms with Gasteiger partial charge in [0.1, 0.15) is 0 Å². The van der Waals surface area contributed by atoms with Crippen LogP contribution in [-0.4, -0.2) is 17.0 Å². The zero-order chi connectivity index (χ0) is 17.6. The molecule has 25 heavy (non-hydrogen) atoms. The number of aromatic nitrogens is 1. The van der Waals surface area contributed by atoms with E-state index in [-0.39, 0.29) is 12.0 Å². The van der Waals surface area contributed by atoms with Gasteiger partial charge in [0.05, 0.1) is 21.7 Å². The number of rotatable bonds is 6. The average molecular weight is 381 g/mol. The van der Waals surface area contributed by atoms with E-state index in [4.69, 9.17) is 32.8 Å². The van der Waals surface area contributed by atoms with Crippen molar-refractivity contribution in [2.45, 2.75) is 38.1 Å². The van der Waals surface area contributed by atoms with Gasteiger partial charge in [-0.05, 0) is 25.0 Å². The van der Waals surface area contributed by atoms with Crippen LogP contribution in [0.1, 0.15) is 47.9 Å². The van der Waals surface area contributed by atoms with Gasteiger partial charge in [-0.2, -0.15) is 0 Å². The summed E-state index contributed by atoms with van der Waals surface area (Å²) < 4.78 is 6.01. The second-order valence-corrected chi connectivity index (χ2v) is 6.62. The Bertz CT molecular complexity index is 701. The highest BCUT2D eigenvalue weighted by Crippen LogP contribution is 2.35. The normalized spacial score (nSPS) is 15.9. The molecule has 132 valence electrons. The van der Waals surface area contributed by atoms with E-state index >= 15 is 0 Å². The Hall–Kier alpha value is -1.66. The highest BCUT2D eigenvalue weighted by Gasteiger charge is 2.27. The van der Waals surface area contributed by atoms with E-state index in [1.165, 1.54) is 12.4 Å². The number of ether oxygens (including phenoxy) is 1. The summed E-state index contributed by atoms with van der Waals surface area (Å²) in [5.41, 5.74) is 3.36. The van der Waals surface area contributed by atoms with Gasteiger partial charge >= 0.3 is 0 Å². The Morgan fingerprint density at radius 3 is 2.40 bits per heavy atom. The van der Waals surface area contributed by atoms with Gasteiger partial charge in [0, 0.05) is 18.0 Å². The van der Waals surface area contributed by atoms with E-state index in [0.29, 0.717) is 21.2 Å². The Kier molecular flexibility index (Phi) is 6.26. The lowest BCUT2D eigenvalue weighted by Crippen LogP contribution is -2.29. The molecule has 1 aromatic carbocycles. The fourth-order valence-corrected chi connectivity index (χ4v) is 3.30. The minimum atomic E-state index is -0.904. The Labute approximate surface area is 156 Å². The van der Waals surface area contributed by atoms with Gasteiger partial charge in [0.25, 0.3) is 5.91 Å². The minimum Gasteiger partial charge on any atom is -0.343 e. The molecular formula is C18H18Cl2N2O3. The number of hydrogen-bond donors (Lipinski definition) is 1. The van der Waals surface area contributed by atoms with E-state index < -0.39 is 6.29 Å². The molecule has 1 aromatic heterocycles. The molecule has 0 aliphatic heterocycles. The molecule has 1 N–H and O–H groups in total. The highest BCUT2D eigenvalue weighted by atomic mass is 35.5. The van der Waals surface area contributed by atoms with E-state index in [0.717, 1.165) is 25.7 Å². The molecule has 1 amide bonds. The van der Waals surface area contributed by atoms with Crippen molar-refractivity contribution in [2.75, 3.05) is 0 Å². The maximum Gasteiger partial charge on any atom is 0.274 e. The maximum atomic E-state index is 12.2. The summed E-state index contributed by atoms with van der Waals surface area (Å²) in [4.78, 5) is 21.7. The summed E-state index contributed by atoms with van der Waals surface area (Å²) in [7, 11) is 0. The molecule has 5 nitrogen and oxygen atoms in total. The maximum absolute atomic E-state index is 12.2. The first-order valence-electron chi connectivity index (χ1n) is 8.10. The zero-order valence-corrected chi connectivity index (χ0v) is 15.0. The first kappa shape index (κ1) is 18.1. The average Bonchev–Trinajstić information content (AvgIpc) is 3.13. The minimum absolute atomic E-state index is 0.0407. The summed E-state index contributed by atoms with van der Waals surface area (Å²) in [6, 6.07) is 8.77. The number of amides is 1. The number of hydroxylamine groups is 1. The molecule has 0 spiro atoms. The van der Waals surface area contributed by atoms with Gasteiger partial charge in [-0.3, -0.25) is 9.78 Å². The lowest BCUT2D eigenvalue weighted by Gasteiger charge is -2.23. The van der Waals surface area contributed by atoms with Crippen LogP contribution in [0.3, 0.4) is 0 Å². The molecule has 3 rings (SSSR count). The first-order chi connectivity index (χ1) is 12.1. The van der Waals surface area contributed by atoms with Crippen LogP contribution in [0.25, 0.3) is 0 Å². The third-order valence-corrected chi connectivity index (χ3v) is 4.64. The van der Waals surface area contributed by atoms with Crippen LogP contribution in [0.4, 0.5) is 0 Å². The molecule has 1 aliphatic carbocycles. The third kappa shape index (κ3) is 4.70. The molecule has 7 heteroatoms. The SMILES string of the molecule is O=C(NOC(OC1CCCC1)c1c(Cl)cncc1Cl)c1ccccc1. The monoisotopic (exact) mass is 380 g/mol. The van der Waals surface area contributed by atoms with Crippen LogP contribution in [0.2, 0.25) is 10.0 Å². The molecule has 2 aromatic rings. The molecule has 1 aliphatic rings. The van der Waals surface area contributed by atoms with Gasteiger partial charge in [-0.15, -0.1) is 0 Å². The molecule has 1 fully saturated rings. The van der Waals surface area contributed by atoms with E-state index in [9.17, 15) is 4.79 Å². The van der Waals surface area contributed by atoms with Crippen molar-refractivity contribution in [2.24, 2.45) is 0 Å². The molecule has 0 saturated heterocycles. The fourth-order valence-electron chi connectivity index (χ4n) is 2.76. The Balaban J connectivity index is 1.75. The van der Waals surface area contributed by atoms with E-state index in [1.54, 1.807) is 24.3 Å². The van der Waals surface area contributed by atoms with Crippen molar-refractivity contribution in [3.63, 3.8) is 0 Å². The summed E-state index contributed by atoms with van der Waals surface area (Å²) in [6.45, 7) is 0. The van der Waals surface area contributed by atoms with Gasteiger partial charge in [0.15, 0.2) is 0 Å². The molecule has 1 atom stereocenters. The van der Waals surface area contributed by atoms with Crippen molar-refractivity contribution >= 4 is 29.1 Å². The van der Waals surface area contributed by atoms with E-state index in [1.807, 2.05) is 6.07 Å². The van der Waals surface area contributed by atoms with Crippen molar-refractivity contribution in [1.82, 2.24) is 10.5 Å². The highest BCUT2D eigenvalue weighted by molar-refractivity contribution is 6.35. The van der Waals surface area contributed by atoms with Gasteiger partial charge in [-0.25, -0.2) is 10.3 Å². The van der Waals surface area contributed by atoms with Crippen molar-refractivity contribution < 1.29 is 14.4 Å². The number of carbonyl (C=O) groups excluding carboxylic acids is 1. The van der Waals surface area contributed by atoms with Gasteiger partial charge < -0.3 is 4.74 Å². The largest absolute Gasteiger partial charge is 0.343 e. The number of pyridine rings is 1. The Morgan fingerprint density at radius 1 is 1.12 bits per heavy atom. The van der Waals surface area contributed by atoms with Crippen LogP contribution in [-0.2, 0) is 9.57 Å². The summed E-state index contributed by atoms with van der Waals surface area (Å²) in [5.74, 6) is -0.373. The molecule has 0 bridgehead atoms. The second kappa shape index (κ2) is 8.63. The fraction of sp³-hybridized carbons (Fsp3) is 0.333. The first-order valence-corrected chi connectivity index (χ1v) is 8.86. The van der Waals surface area contributed by atoms with Crippen LogP contribution in [0, 0.1) is 0 Å². The number of nitrogens with one attached hydrogen (secondary N) is 1. The van der Waals surface area contributed by atoms with Crippen molar-refractivity contribution in [3.05, 3.63) is 63.9 Å². The van der Waals surface area contributed by atoms with Crippen LogP contribution in [0.5, 0.6) is 0 Å². The van der Waals surface area contributed by atoms with Crippen LogP contribution in [0.15, 0.2) is 42.7 Å². The second-order valence-electron chi connectivity index (χ2n) is 5.81. The van der Waals surface area contributed by atoms with E-state index in [2.05, 4.69) is 10.5 Å². The molecule has 0 radical (unpaired) electrons. The number of hydrogen-bond acceptors (Lipinski definition) is 4. The lowest BCUT2D eigenvalue weighted by atomic mass is 10.2. The number of halogens is 2. The quantitative estimate of drug-likeness (QED) is 0.582. The number of carbonyl (C=O) groups is 1. The van der Waals surface area contributed by atoms with Crippen LogP contribution < -0.4 is 5.48 Å². The summed E-state index contributed by atoms with van der Waals surface area (Å²) in [6.07, 6.45) is 6.15. The standard InChI is InChI=1S/C18H18Cl2N2O3/c19-14-10-21-11-15(20)16(14)18(24-13-8-4-5-9-13)25-22-17(23)12-6-2-1-3-7-12/h1-3,6-7,10-11,13,18H,4-5,8-9H2,(H,22,23). The smallest absolute Gasteiger partial charge is 0.274 e. The van der Waals surface area contributed by atoms with Crippen molar-refractivity contribution in [1.29, 1.82) is 0 Å². The predicted molar refractivity (Wildman–Crippen MR) is 95.3 cm³/mol. The van der Waals surface area contributed by atoms with Crippen LogP contribution >= 0.6 is 23.2 Å². The van der Waals surface area contributed by atoms with Gasteiger partial charge in [0.2, 0.25) is 6.29 Å². The lowest BCUT2D eigenvalue weighted by molar-refractivity contribution is -0.197. The topological polar surface area (TPSA) is 60.5 Å². The number of nitrogens with zero attached hydrogens (tertiary/aromatic N) is 1.